The maximum absolute atomic E-state index is 12.7. The third-order valence-corrected chi connectivity index (χ3v) is 14.0. The molecule has 7 atom stereocenters. The molecule has 396 valence electrons. The topological polar surface area (TPSA) is 399 Å². The Morgan fingerprint density at radius 3 is 2.13 bits per heavy atom. The second kappa shape index (κ2) is 31.2. The number of amides is 2. The number of hydrogen-bond acceptors (Lipinski definition) is 19. The average Bonchev–Trinajstić information content (AvgIpc) is 3.84. The Bertz CT molecular complexity index is 2230. The average molecular weight is 1070 g/mol. The van der Waals surface area contributed by atoms with Crippen LogP contribution in [0.25, 0.3) is 11.2 Å². The van der Waals surface area contributed by atoms with Crippen LogP contribution in [0.15, 0.2) is 61.3 Å². The van der Waals surface area contributed by atoms with Crippen LogP contribution < -0.4 is 22.5 Å². The molecular weight excluding hydrogens is 1000 g/mol. The molecule has 0 aliphatic carbocycles. The summed E-state index contributed by atoms with van der Waals surface area (Å²) in [5, 5.41) is 26.6. The number of fused-ring (bicyclic) bond motifs is 1. The van der Waals surface area contributed by atoms with Crippen molar-refractivity contribution in [1.29, 1.82) is 0 Å². The second-order valence-electron chi connectivity index (χ2n) is 16.3. The van der Waals surface area contributed by atoms with Crippen molar-refractivity contribution in [3.63, 3.8) is 0 Å². The summed E-state index contributed by atoms with van der Waals surface area (Å²) in [5.74, 6) is -1.09. The zero-order valence-electron chi connectivity index (χ0n) is 39.5. The number of phosphoric ester groups is 3. The molecule has 2 amide bonds. The van der Waals surface area contributed by atoms with Crippen LogP contribution in [-0.2, 0) is 50.7 Å². The van der Waals surface area contributed by atoms with Gasteiger partial charge in [-0.05, 0) is 44.9 Å². The van der Waals surface area contributed by atoms with E-state index < -0.39 is 84.6 Å². The highest BCUT2D eigenvalue weighted by molar-refractivity contribution is 8.13. The highest BCUT2D eigenvalue weighted by Crippen LogP contribution is 2.61. The Kier molecular flexibility index (Phi) is 27.9. The van der Waals surface area contributed by atoms with Crippen LogP contribution in [0, 0.1) is 5.41 Å². The first-order chi connectivity index (χ1) is 32.6. The number of rotatable bonds is 33. The summed E-state index contributed by atoms with van der Waals surface area (Å²) in [6.07, 6.45) is 19.7. The first kappa shape index (κ1) is 62.6. The van der Waals surface area contributed by atoms with Crippen LogP contribution in [0.3, 0.4) is 0 Å². The Morgan fingerprint density at radius 1 is 0.886 bits per heavy atom. The van der Waals surface area contributed by atoms with Crippen molar-refractivity contribution in [2.45, 2.75) is 122 Å². The molecule has 1 saturated heterocycles. The maximum atomic E-state index is 12.7. The minimum atomic E-state index is -5.58. The first-order valence-electron chi connectivity index (χ1n) is 22.2. The number of aliphatic hydroxyl groups is 2. The molecule has 3 heterocycles. The third-order valence-electron chi connectivity index (χ3n) is 9.97. The third kappa shape index (κ3) is 23.4. The van der Waals surface area contributed by atoms with Crippen molar-refractivity contribution in [2.75, 3.05) is 37.8 Å². The van der Waals surface area contributed by atoms with Gasteiger partial charge in [-0.1, -0.05) is 94.0 Å². The van der Waals surface area contributed by atoms with Crippen molar-refractivity contribution in [2.24, 2.45) is 5.41 Å². The normalized spacial score (nSPS) is 20.0. The van der Waals surface area contributed by atoms with E-state index in [-0.39, 0.29) is 47.8 Å². The lowest BCUT2D eigenvalue weighted by molar-refractivity contribution is -0.137. The Morgan fingerprint density at radius 2 is 1.50 bits per heavy atom. The molecule has 13 N–H and O–H groups in total. The van der Waals surface area contributed by atoms with Gasteiger partial charge in [-0.3, -0.25) is 32.5 Å². The van der Waals surface area contributed by atoms with E-state index in [9.17, 15) is 57.9 Å². The standard InChI is InChI=1S/C41H66N7O17P3S.H3N/c1-4-5-6-7-8-9-10-11-12-13-14-15-16-17-18-19-20-21-32(50)69-25-24-43-31(49)22-23-44-39(53)36(52)41(2,3)27-62-68(59,60)65-67(57,58)61-26-30-35(64-66(54,55)56)34(51)40(63-30)48-29-47-33-37(42)45-28-46-38(33)48;/h8-9,11-12,14-15,17-18,28-30,34-36,40,51-52H,4-7,10,13,16,19-27H2,1-3H3,(H,43,49)(H,44,53)(H,57,58)(H,59,60)(H2,42,45,46)(H2,54,55,56);1H3/b9-8-,12-11-,15-14-,18-17-;/t30-,34-,35-,36+,40-;/m1./s1. The number of hydrogen-bond donors (Lipinski definition) is 10. The Labute approximate surface area is 411 Å². The van der Waals surface area contributed by atoms with Crippen LogP contribution in [0.2, 0.25) is 0 Å². The van der Waals surface area contributed by atoms with Crippen LogP contribution in [0.1, 0.15) is 97.6 Å². The number of aliphatic hydroxyl groups excluding tert-OH is 2. The molecule has 3 rings (SSSR count). The molecular formula is C41H69N8O17P3S. The summed E-state index contributed by atoms with van der Waals surface area (Å²) in [4.78, 5) is 88.3. The lowest BCUT2D eigenvalue weighted by Crippen LogP contribution is -2.46. The van der Waals surface area contributed by atoms with Gasteiger partial charge in [-0.2, -0.15) is 4.31 Å². The summed E-state index contributed by atoms with van der Waals surface area (Å²) in [6.45, 7) is 2.71. The second-order valence-corrected chi connectivity index (χ2v) is 21.7. The number of anilines is 1. The monoisotopic (exact) mass is 1070 g/mol. The van der Waals surface area contributed by atoms with E-state index in [1.54, 1.807) is 0 Å². The summed E-state index contributed by atoms with van der Waals surface area (Å²) < 4.78 is 62.4. The van der Waals surface area contributed by atoms with E-state index in [0.29, 0.717) is 18.6 Å². The van der Waals surface area contributed by atoms with Gasteiger partial charge in [0, 0.05) is 37.1 Å². The highest BCUT2D eigenvalue weighted by Gasteiger charge is 2.50. The summed E-state index contributed by atoms with van der Waals surface area (Å²) in [7, 11) is -16.4. The molecule has 1 fully saturated rings. The predicted octanol–water partition coefficient (Wildman–Crippen LogP) is 4.97. The molecule has 0 bridgehead atoms. The van der Waals surface area contributed by atoms with Crippen molar-refractivity contribution < 1.29 is 80.5 Å². The molecule has 25 nitrogen and oxygen atoms in total. The van der Waals surface area contributed by atoms with Gasteiger partial charge in [0.05, 0.1) is 19.5 Å². The zero-order valence-corrected chi connectivity index (χ0v) is 43.0. The molecule has 0 spiro atoms. The largest absolute Gasteiger partial charge is 0.481 e. The first-order valence-corrected chi connectivity index (χ1v) is 27.7. The zero-order chi connectivity index (χ0) is 51.1. The number of imidazole rings is 1. The minimum Gasteiger partial charge on any atom is -0.386 e. The fraction of sp³-hybridized carbons (Fsp3) is 0.610. The van der Waals surface area contributed by atoms with E-state index in [1.165, 1.54) is 33.1 Å². The summed E-state index contributed by atoms with van der Waals surface area (Å²) >= 11 is 1.11. The molecule has 1 aliphatic rings. The van der Waals surface area contributed by atoms with Gasteiger partial charge < -0.3 is 57.0 Å². The number of allylic oxidation sites excluding steroid dienone is 8. The lowest BCUT2D eigenvalue weighted by Gasteiger charge is -2.30. The number of carbonyl (C=O) groups is 3. The summed E-state index contributed by atoms with van der Waals surface area (Å²) in [6, 6.07) is 0. The fourth-order valence-corrected chi connectivity index (χ4v) is 9.84. The number of phosphoric acid groups is 3. The molecule has 0 saturated carbocycles. The van der Waals surface area contributed by atoms with E-state index in [1.807, 2.05) is 0 Å². The molecule has 2 aromatic heterocycles. The van der Waals surface area contributed by atoms with Crippen molar-refractivity contribution in [1.82, 2.24) is 36.3 Å². The highest BCUT2D eigenvalue weighted by atomic mass is 32.2. The van der Waals surface area contributed by atoms with E-state index >= 15 is 0 Å². The predicted molar refractivity (Wildman–Crippen MR) is 261 cm³/mol. The van der Waals surface area contributed by atoms with Crippen molar-refractivity contribution in [3.05, 3.63) is 61.3 Å². The molecule has 2 unspecified atom stereocenters. The van der Waals surface area contributed by atoms with E-state index in [0.717, 1.165) is 61.1 Å². The van der Waals surface area contributed by atoms with Gasteiger partial charge in [0.15, 0.2) is 22.8 Å². The number of nitrogens with one attached hydrogen (secondary N) is 2. The number of carbonyl (C=O) groups excluding carboxylic acids is 3. The van der Waals surface area contributed by atoms with Gasteiger partial charge in [-0.25, -0.2) is 28.6 Å². The lowest BCUT2D eigenvalue weighted by atomic mass is 9.87. The maximum Gasteiger partial charge on any atom is 0.481 e. The number of aromatic nitrogens is 4. The Hall–Kier alpha value is -3.52. The molecule has 29 heteroatoms. The number of nitrogens with zero attached hydrogens (tertiary/aromatic N) is 4. The Balaban J connectivity index is 0.0000168. The quantitative estimate of drug-likeness (QED) is 0.0256. The number of nitrogens with two attached hydrogens (primary N) is 1. The number of ether oxygens (including phenoxy) is 1. The molecule has 0 radical (unpaired) electrons. The van der Waals surface area contributed by atoms with Gasteiger partial charge in [0.2, 0.25) is 11.8 Å². The number of thioether (sulfide) groups is 1. The molecule has 2 aromatic rings. The van der Waals surface area contributed by atoms with Gasteiger partial charge in [-0.15, -0.1) is 0 Å². The van der Waals surface area contributed by atoms with Crippen LogP contribution in [0.5, 0.6) is 0 Å². The molecule has 0 aromatic carbocycles. The van der Waals surface area contributed by atoms with Crippen LogP contribution in [0.4, 0.5) is 5.82 Å². The minimum absolute atomic E-state index is 0. The van der Waals surface area contributed by atoms with Crippen molar-refractivity contribution >= 4 is 69.1 Å². The van der Waals surface area contributed by atoms with E-state index in [4.69, 9.17) is 19.5 Å². The van der Waals surface area contributed by atoms with E-state index in [2.05, 4.69) is 90.0 Å². The van der Waals surface area contributed by atoms with Gasteiger partial charge in [0.1, 0.15) is 36.3 Å². The summed E-state index contributed by atoms with van der Waals surface area (Å²) in [5.41, 5.74) is 4.27. The van der Waals surface area contributed by atoms with Gasteiger partial charge in [0.25, 0.3) is 0 Å². The van der Waals surface area contributed by atoms with Crippen molar-refractivity contribution in [3.8, 4) is 0 Å². The van der Waals surface area contributed by atoms with Crippen LogP contribution in [-0.4, -0.2) is 123 Å². The SMILES string of the molecule is CCCCC/C=C\C/C=C\C/C=C\C/C=C\CCCC(=O)SCCNC(=O)CCNC(=O)[C@H](O)C(C)(C)COP(=O)(O)OP(=O)(O)OC[C@H]1O[C@@H](n2cnc3c(N)ncnc32)[C@H](O)[C@@H]1OP(=O)(O)O.N. The fourth-order valence-electron chi connectivity index (χ4n) is 6.29. The number of unbranched alkanes of at least 4 members (excludes halogenated alkanes) is 4. The molecule has 1 aliphatic heterocycles. The van der Waals surface area contributed by atoms with Gasteiger partial charge >= 0.3 is 23.5 Å². The van der Waals surface area contributed by atoms with Crippen LogP contribution >= 0.6 is 35.2 Å². The smallest absolute Gasteiger partial charge is 0.386 e. The molecule has 70 heavy (non-hydrogen) atoms. The number of nitrogen functional groups attached to an aromatic ring is 1.